The summed E-state index contributed by atoms with van der Waals surface area (Å²) < 4.78 is 0. The van der Waals surface area contributed by atoms with Crippen LogP contribution >= 0.6 is 0 Å². The van der Waals surface area contributed by atoms with Crippen LogP contribution in [0, 0.1) is 6.04 Å². The van der Waals surface area contributed by atoms with Gasteiger partial charge in [-0.3, -0.25) is 0 Å². The second-order valence-electron chi connectivity index (χ2n) is 4.23. The zero-order valence-electron chi connectivity index (χ0n) is 9.23. The van der Waals surface area contributed by atoms with Crippen molar-refractivity contribution >= 4 is 0 Å². The van der Waals surface area contributed by atoms with Crippen molar-refractivity contribution in [2.24, 2.45) is 0 Å². The van der Waals surface area contributed by atoms with Crippen molar-refractivity contribution in [3.63, 3.8) is 0 Å². The fourth-order valence-electron chi connectivity index (χ4n) is 2.22. The quantitative estimate of drug-likeness (QED) is 0.661. The second kappa shape index (κ2) is 6.42. The molecule has 0 aromatic carbocycles. The van der Waals surface area contributed by atoms with Crippen LogP contribution < -0.4 is 5.32 Å². The van der Waals surface area contributed by atoms with Crippen molar-refractivity contribution in [2.45, 2.75) is 71.3 Å². The lowest BCUT2D eigenvalue weighted by Gasteiger charge is -2.21. The third kappa shape index (κ3) is 4.12. The minimum atomic E-state index is 0.767. The molecule has 0 heterocycles. The number of hydrogen-bond donors (Lipinski definition) is 1. The van der Waals surface area contributed by atoms with Gasteiger partial charge in [-0.05, 0) is 25.7 Å². The highest BCUT2D eigenvalue weighted by Crippen LogP contribution is 2.25. The molecule has 0 amide bonds. The smallest absolute Gasteiger partial charge is 0.0366 e. The van der Waals surface area contributed by atoms with Gasteiger partial charge in [-0.2, -0.15) is 0 Å². The summed E-state index contributed by atoms with van der Waals surface area (Å²) in [5.74, 6) is 0. The first-order chi connectivity index (χ1) is 6.36. The van der Waals surface area contributed by atoms with Crippen LogP contribution in [0.4, 0.5) is 0 Å². The summed E-state index contributed by atoms with van der Waals surface area (Å²) in [6.07, 6.45) is 10.8. The van der Waals surface area contributed by atoms with E-state index in [2.05, 4.69) is 19.2 Å². The average molecular weight is 182 g/mol. The van der Waals surface area contributed by atoms with E-state index in [0.717, 1.165) is 6.04 Å². The van der Waals surface area contributed by atoms with Crippen molar-refractivity contribution in [3.05, 3.63) is 6.04 Å². The summed E-state index contributed by atoms with van der Waals surface area (Å²) >= 11 is 0. The lowest BCUT2D eigenvalue weighted by atomic mass is 10.1. The SMILES string of the molecule is CCCC(CCC)N[C]1CCCC1. The molecule has 0 saturated heterocycles. The van der Waals surface area contributed by atoms with Crippen LogP contribution in [0.15, 0.2) is 0 Å². The van der Waals surface area contributed by atoms with Gasteiger partial charge in [0.2, 0.25) is 0 Å². The van der Waals surface area contributed by atoms with E-state index >= 15 is 0 Å². The molecule has 1 N–H and O–H groups in total. The molecular weight excluding hydrogens is 158 g/mol. The van der Waals surface area contributed by atoms with Crippen molar-refractivity contribution in [1.82, 2.24) is 5.32 Å². The highest BCUT2D eigenvalue weighted by atomic mass is 14.9. The summed E-state index contributed by atoms with van der Waals surface area (Å²) in [6.45, 7) is 4.56. The van der Waals surface area contributed by atoms with Crippen molar-refractivity contribution < 1.29 is 0 Å². The molecule has 0 aliphatic heterocycles. The van der Waals surface area contributed by atoms with Gasteiger partial charge in [0, 0.05) is 12.1 Å². The summed E-state index contributed by atoms with van der Waals surface area (Å²) in [5.41, 5.74) is 0. The Morgan fingerprint density at radius 2 is 1.62 bits per heavy atom. The molecule has 0 atom stereocenters. The van der Waals surface area contributed by atoms with Crippen LogP contribution in [0.2, 0.25) is 0 Å². The van der Waals surface area contributed by atoms with Crippen molar-refractivity contribution in [3.8, 4) is 0 Å². The van der Waals surface area contributed by atoms with E-state index in [-0.39, 0.29) is 0 Å². The van der Waals surface area contributed by atoms with E-state index in [1.54, 1.807) is 6.04 Å². The molecule has 1 saturated carbocycles. The Hall–Kier alpha value is -0.0400. The molecule has 1 aliphatic rings. The van der Waals surface area contributed by atoms with Gasteiger partial charge in [-0.15, -0.1) is 0 Å². The average Bonchev–Trinajstić information content (AvgIpc) is 2.58. The normalized spacial score (nSPS) is 18.7. The predicted octanol–water partition coefficient (Wildman–Crippen LogP) is 3.65. The second-order valence-corrected chi connectivity index (χ2v) is 4.23. The lowest BCUT2D eigenvalue weighted by molar-refractivity contribution is 0.443. The fourth-order valence-corrected chi connectivity index (χ4v) is 2.22. The zero-order valence-corrected chi connectivity index (χ0v) is 9.23. The Morgan fingerprint density at radius 1 is 1.08 bits per heavy atom. The van der Waals surface area contributed by atoms with E-state index < -0.39 is 0 Å². The minimum absolute atomic E-state index is 0.767. The van der Waals surface area contributed by atoms with Gasteiger partial charge >= 0.3 is 0 Å². The van der Waals surface area contributed by atoms with Crippen LogP contribution in [0.5, 0.6) is 0 Å². The Balaban J connectivity index is 2.19. The summed E-state index contributed by atoms with van der Waals surface area (Å²) in [7, 11) is 0. The van der Waals surface area contributed by atoms with E-state index in [4.69, 9.17) is 0 Å². The highest BCUT2D eigenvalue weighted by Gasteiger charge is 2.18. The Morgan fingerprint density at radius 3 is 2.08 bits per heavy atom. The van der Waals surface area contributed by atoms with E-state index in [9.17, 15) is 0 Å². The zero-order chi connectivity index (χ0) is 9.52. The number of nitrogens with one attached hydrogen (secondary N) is 1. The molecule has 1 rings (SSSR count). The molecule has 0 spiro atoms. The van der Waals surface area contributed by atoms with Gasteiger partial charge in [0.05, 0.1) is 0 Å². The molecule has 1 radical (unpaired) electrons. The molecule has 1 fully saturated rings. The first-order valence-electron chi connectivity index (χ1n) is 5.98. The van der Waals surface area contributed by atoms with Crippen LogP contribution in [0.25, 0.3) is 0 Å². The molecular formula is C12H24N. The van der Waals surface area contributed by atoms with Crippen LogP contribution in [0.1, 0.15) is 65.2 Å². The molecule has 1 heteroatoms. The molecule has 0 unspecified atom stereocenters. The molecule has 1 nitrogen and oxygen atoms in total. The third-order valence-electron chi connectivity index (χ3n) is 2.89. The standard InChI is InChI=1S/C12H24N/c1-3-7-11(8-4-2)13-12-9-5-6-10-12/h11,13H,3-10H2,1-2H3. The van der Waals surface area contributed by atoms with Crippen LogP contribution in [-0.2, 0) is 0 Å². The third-order valence-corrected chi connectivity index (χ3v) is 2.89. The summed E-state index contributed by atoms with van der Waals surface area (Å²) in [5, 5.41) is 3.73. The Kier molecular flexibility index (Phi) is 5.45. The largest absolute Gasteiger partial charge is 0.307 e. The number of hydrogen-bond acceptors (Lipinski definition) is 1. The highest BCUT2D eigenvalue weighted by molar-refractivity contribution is 4.93. The predicted molar refractivity (Wildman–Crippen MR) is 58.5 cm³/mol. The first kappa shape index (κ1) is 11.0. The van der Waals surface area contributed by atoms with E-state index in [1.807, 2.05) is 0 Å². The van der Waals surface area contributed by atoms with E-state index in [1.165, 1.54) is 51.4 Å². The molecule has 0 aromatic rings. The molecule has 0 aromatic heterocycles. The monoisotopic (exact) mass is 182 g/mol. The fraction of sp³-hybridized carbons (Fsp3) is 0.917. The topological polar surface area (TPSA) is 12.0 Å². The van der Waals surface area contributed by atoms with Gasteiger partial charge in [0.25, 0.3) is 0 Å². The Labute approximate surface area is 83.3 Å². The maximum absolute atomic E-state index is 3.73. The molecule has 0 bridgehead atoms. The number of rotatable bonds is 6. The van der Waals surface area contributed by atoms with Crippen molar-refractivity contribution in [1.29, 1.82) is 0 Å². The Bertz CT molecular complexity index is 110. The van der Waals surface area contributed by atoms with Crippen LogP contribution in [-0.4, -0.2) is 6.04 Å². The minimum Gasteiger partial charge on any atom is -0.307 e. The summed E-state index contributed by atoms with van der Waals surface area (Å²) in [4.78, 5) is 0. The van der Waals surface area contributed by atoms with Gasteiger partial charge in [-0.1, -0.05) is 39.5 Å². The van der Waals surface area contributed by atoms with Gasteiger partial charge in [0.15, 0.2) is 0 Å². The lowest BCUT2D eigenvalue weighted by Crippen LogP contribution is -2.31. The van der Waals surface area contributed by atoms with Gasteiger partial charge < -0.3 is 5.32 Å². The van der Waals surface area contributed by atoms with Gasteiger partial charge in [-0.25, -0.2) is 0 Å². The maximum atomic E-state index is 3.73. The molecule has 13 heavy (non-hydrogen) atoms. The molecule has 1 aliphatic carbocycles. The van der Waals surface area contributed by atoms with Crippen molar-refractivity contribution in [2.75, 3.05) is 0 Å². The van der Waals surface area contributed by atoms with Crippen LogP contribution in [0.3, 0.4) is 0 Å². The molecule has 77 valence electrons. The summed E-state index contributed by atoms with van der Waals surface area (Å²) in [6, 6.07) is 2.40. The maximum Gasteiger partial charge on any atom is 0.0366 e. The van der Waals surface area contributed by atoms with Gasteiger partial charge in [0.1, 0.15) is 0 Å². The van der Waals surface area contributed by atoms with E-state index in [0.29, 0.717) is 0 Å². The first-order valence-corrected chi connectivity index (χ1v) is 5.98.